The Morgan fingerprint density at radius 1 is 0.762 bits per heavy atom. The zero-order chi connectivity index (χ0) is 15.1. The van der Waals surface area contributed by atoms with Gasteiger partial charge in [0.2, 0.25) is 0 Å². The highest BCUT2D eigenvalue weighted by Gasteiger charge is 2.13. The highest BCUT2D eigenvalue weighted by molar-refractivity contribution is 7.91. The van der Waals surface area contributed by atoms with E-state index >= 15 is 0 Å². The van der Waals surface area contributed by atoms with Crippen LogP contribution in [0.15, 0.2) is 59.5 Å². The Morgan fingerprint density at radius 2 is 1.38 bits per heavy atom. The van der Waals surface area contributed by atoms with Crippen molar-refractivity contribution in [2.45, 2.75) is 24.2 Å². The highest BCUT2D eigenvalue weighted by Crippen LogP contribution is 2.21. The van der Waals surface area contributed by atoms with E-state index in [0.29, 0.717) is 17.9 Å². The van der Waals surface area contributed by atoms with Crippen LogP contribution in [0.25, 0.3) is 11.1 Å². The Hall–Kier alpha value is -1.65. The molecule has 0 unspecified atom stereocenters. The van der Waals surface area contributed by atoms with Crippen molar-refractivity contribution >= 4 is 9.84 Å². The first-order valence-corrected chi connectivity index (χ1v) is 8.87. The molecule has 112 valence electrons. The minimum Gasteiger partial charge on any atom is -0.330 e. The topological polar surface area (TPSA) is 60.2 Å². The maximum Gasteiger partial charge on any atom is 0.178 e. The molecule has 3 nitrogen and oxygen atoms in total. The molecule has 2 N–H and O–H groups in total. The van der Waals surface area contributed by atoms with Crippen LogP contribution in [-0.2, 0) is 9.84 Å². The van der Waals surface area contributed by atoms with Gasteiger partial charge in [0.15, 0.2) is 9.84 Å². The lowest BCUT2D eigenvalue weighted by molar-refractivity contribution is 0.590. The number of hydrogen-bond acceptors (Lipinski definition) is 3. The second-order valence-corrected chi connectivity index (χ2v) is 7.17. The molecule has 0 atom stereocenters. The SMILES string of the molecule is NCCCCCS(=O)(=O)c1ccc(-c2ccccc2)cc1. The van der Waals surface area contributed by atoms with Crippen molar-refractivity contribution in [3.63, 3.8) is 0 Å². The van der Waals surface area contributed by atoms with Gasteiger partial charge in [-0.05, 0) is 42.6 Å². The summed E-state index contributed by atoms with van der Waals surface area (Å²) in [6.45, 7) is 0.617. The van der Waals surface area contributed by atoms with Crippen molar-refractivity contribution < 1.29 is 8.42 Å². The van der Waals surface area contributed by atoms with Crippen molar-refractivity contribution in [2.75, 3.05) is 12.3 Å². The molecule has 0 saturated carbocycles. The van der Waals surface area contributed by atoms with Crippen LogP contribution in [0.5, 0.6) is 0 Å². The van der Waals surface area contributed by atoms with Gasteiger partial charge in [-0.3, -0.25) is 0 Å². The molecule has 0 fully saturated rings. The van der Waals surface area contributed by atoms with Crippen LogP contribution in [0.2, 0.25) is 0 Å². The van der Waals surface area contributed by atoms with Crippen LogP contribution in [0.3, 0.4) is 0 Å². The van der Waals surface area contributed by atoms with Crippen molar-refractivity contribution in [1.29, 1.82) is 0 Å². The summed E-state index contributed by atoms with van der Waals surface area (Å²) in [4.78, 5) is 0.398. The van der Waals surface area contributed by atoms with Crippen LogP contribution in [0.4, 0.5) is 0 Å². The third kappa shape index (κ3) is 4.41. The average molecular weight is 303 g/mol. The molecule has 0 aliphatic carbocycles. The van der Waals surface area contributed by atoms with Gasteiger partial charge in [-0.15, -0.1) is 0 Å². The lowest BCUT2D eigenvalue weighted by Crippen LogP contribution is -2.07. The zero-order valence-electron chi connectivity index (χ0n) is 12.0. The lowest BCUT2D eigenvalue weighted by atomic mass is 10.1. The van der Waals surface area contributed by atoms with E-state index in [1.807, 2.05) is 42.5 Å². The van der Waals surface area contributed by atoms with E-state index < -0.39 is 9.84 Å². The molecule has 0 aliphatic heterocycles. The third-order valence-electron chi connectivity index (χ3n) is 3.44. The van der Waals surface area contributed by atoms with Gasteiger partial charge in [0.05, 0.1) is 10.6 Å². The number of sulfone groups is 1. The van der Waals surface area contributed by atoms with Crippen LogP contribution < -0.4 is 5.73 Å². The quantitative estimate of drug-likeness (QED) is 0.799. The van der Waals surface area contributed by atoms with Gasteiger partial charge < -0.3 is 5.73 Å². The number of rotatable bonds is 7. The van der Waals surface area contributed by atoms with Gasteiger partial charge in [-0.25, -0.2) is 8.42 Å². The highest BCUT2D eigenvalue weighted by atomic mass is 32.2. The molecule has 0 heterocycles. The second-order valence-electron chi connectivity index (χ2n) is 5.06. The molecule has 21 heavy (non-hydrogen) atoms. The largest absolute Gasteiger partial charge is 0.330 e. The van der Waals surface area contributed by atoms with Crippen molar-refractivity contribution in [3.05, 3.63) is 54.6 Å². The van der Waals surface area contributed by atoms with Crippen LogP contribution >= 0.6 is 0 Å². The summed E-state index contributed by atoms with van der Waals surface area (Å²) in [7, 11) is -3.18. The minimum atomic E-state index is -3.18. The Labute approximate surface area is 126 Å². The summed E-state index contributed by atoms with van der Waals surface area (Å²) in [6.07, 6.45) is 2.40. The van der Waals surface area contributed by atoms with E-state index in [0.717, 1.165) is 24.0 Å². The molecule has 0 amide bonds. The van der Waals surface area contributed by atoms with E-state index in [9.17, 15) is 8.42 Å². The van der Waals surface area contributed by atoms with Gasteiger partial charge in [-0.2, -0.15) is 0 Å². The summed E-state index contributed by atoms with van der Waals surface area (Å²) in [5.41, 5.74) is 7.52. The van der Waals surface area contributed by atoms with Gasteiger partial charge in [0, 0.05) is 0 Å². The Bertz CT molecular complexity index is 649. The molecular weight excluding hydrogens is 282 g/mol. The first kappa shape index (κ1) is 15.7. The number of unbranched alkanes of at least 4 members (excludes halogenated alkanes) is 2. The van der Waals surface area contributed by atoms with Crippen LogP contribution in [0, 0.1) is 0 Å². The fourth-order valence-corrected chi connectivity index (χ4v) is 3.59. The predicted octanol–water partition coefficient (Wildman–Crippen LogP) is 3.26. The van der Waals surface area contributed by atoms with Crippen LogP contribution in [0.1, 0.15) is 19.3 Å². The molecule has 0 aromatic heterocycles. The Morgan fingerprint density at radius 3 is 2.00 bits per heavy atom. The number of hydrogen-bond donors (Lipinski definition) is 1. The summed E-state index contributed by atoms with van der Waals surface area (Å²) in [6, 6.07) is 17.0. The van der Waals surface area contributed by atoms with Crippen LogP contribution in [-0.4, -0.2) is 20.7 Å². The fourth-order valence-electron chi connectivity index (χ4n) is 2.22. The maximum absolute atomic E-state index is 12.2. The smallest absolute Gasteiger partial charge is 0.178 e. The first-order chi connectivity index (χ1) is 10.1. The summed E-state index contributed by atoms with van der Waals surface area (Å²) >= 11 is 0. The van der Waals surface area contributed by atoms with E-state index in [1.165, 1.54) is 0 Å². The van der Waals surface area contributed by atoms with Crippen molar-refractivity contribution in [2.24, 2.45) is 5.73 Å². The first-order valence-electron chi connectivity index (χ1n) is 7.22. The molecule has 0 radical (unpaired) electrons. The standard InChI is InChI=1S/C17H21NO2S/c18-13-5-2-6-14-21(19,20)17-11-9-16(10-12-17)15-7-3-1-4-8-15/h1,3-4,7-12H,2,5-6,13-14,18H2. The predicted molar refractivity (Wildman–Crippen MR) is 86.8 cm³/mol. The normalized spacial score (nSPS) is 11.5. The van der Waals surface area contributed by atoms with E-state index in [1.54, 1.807) is 12.1 Å². The Kier molecular flexibility index (Phi) is 5.53. The van der Waals surface area contributed by atoms with Gasteiger partial charge in [0.1, 0.15) is 0 Å². The number of nitrogens with two attached hydrogens (primary N) is 1. The van der Waals surface area contributed by atoms with Crippen molar-refractivity contribution in [3.8, 4) is 11.1 Å². The summed E-state index contributed by atoms with van der Waals surface area (Å²) in [5, 5.41) is 0. The van der Waals surface area contributed by atoms with E-state index in [-0.39, 0.29) is 5.75 Å². The minimum absolute atomic E-state index is 0.192. The molecule has 0 spiro atoms. The molecule has 0 bridgehead atoms. The fraction of sp³-hybridized carbons (Fsp3) is 0.294. The molecular formula is C17H21NO2S. The van der Waals surface area contributed by atoms with Gasteiger partial charge in [0.25, 0.3) is 0 Å². The van der Waals surface area contributed by atoms with E-state index in [4.69, 9.17) is 5.73 Å². The molecule has 4 heteroatoms. The monoisotopic (exact) mass is 303 g/mol. The summed E-state index contributed by atoms with van der Waals surface area (Å²) in [5.74, 6) is 0.192. The zero-order valence-corrected chi connectivity index (χ0v) is 12.9. The Balaban J connectivity index is 2.08. The molecule has 0 saturated heterocycles. The second kappa shape index (κ2) is 7.38. The van der Waals surface area contributed by atoms with Gasteiger partial charge >= 0.3 is 0 Å². The van der Waals surface area contributed by atoms with Crippen molar-refractivity contribution in [1.82, 2.24) is 0 Å². The molecule has 2 aromatic rings. The molecule has 2 rings (SSSR count). The van der Waals surface area contributed by atoms with E-state index in [2.05, 4.69) is 0 Å². The lowest BCUT2D eigenvalue weighted by Gasteiger charge is -2.06. The average Bonchev–Trinajstić information content (AvgIpc) is 2.53. The molecule has 0 aliphatic rings. The number of benzene rings is 2. The summed E-state index contributed by atoms with van der Waals surface area (Å²) < 4.78 is 24.4. The maximum atomic E-state index is 12.2. The van der Waals surface area contributed by atoms with Gasteiger partial charge in [-0.1, -0.05) is 48.9 Å². The third-order valence-corrected chi connectivity index (χ3v) is 5.25. The molecule has 2 aromatic carbocycles.